The van der Waals surface area contributed by atoms with Gasteiger partial charge in [-0.25, -0.2) is 0 Å². The lowest BCUT2D eigenvalue weighted by molar-refractivity contribution is 0.220. The lowest BCUT2D eigenvalue weighted by atomic mass is 9.97. The molecule has 2 aromatic carbocycles. The second-order valence-electron chi connectivity index (χ2n) is 4.36. The predicted octanol–water partition coefficient (Wildman–Crippen LogP) is 3.97. The average Bonchev–Trinajstić information content (AvgIpc) is 2.57. The standard InChI is InChI=1S/C16H14OS/c1-18-13-9-8-12-7-6-11-4-2-3-5-14(11)16(17)15(12)10-13/h2-10,16-17H,1H3/t16-/m1/s1. The Balaban J connectivity index is 2.20. The Morgan fingerprint density at radius 3 is 2.44 bits per heavy atom. The fourth-order valence-corrected chi connectivity index (χ4v) is 2.78. The maximum absolute atomic E-state index is 10.6. The van der Waals surface area contributed by atoms with E-state index in [0.717, 1.165) is 22.3 Å². The largest absolute Gasteiger partial charge is 0.384 e. The first-order chi connectivity index (χ1) is 8.79. The quantitative estimate of drug-likeness (QED) is 0.777. The molecule has 90 valence electrons. The molecule has 1 nitrogen and oxygen atoms in total. The van der Waals surface area contributed by atoms with Gasteiger partial charge in [0.05, 0.1) is 0 Å². The van der Waals surface area contributed by atoms with Gasteiger partial charge in [-0.1, -0.05) is 42.5 Å². The van der Waals surface area contributed by atoms with E-state index in [1.54, 1.807) is 11.8 Å². The number of thioether (sulfide) groups is 1. The summed E-state index contributed by atoms with van der Waals surface area (Å²) in [5, 5.41) is 10.6. The Hall–Kier alpha value is -1.51. The minimum atomic E-state index is -0.543. The zero-order valence-electron chi connectivity index (χ0n) is 10.1. The first-order valence-corrected chi connectivity index (χ1v) is 7.15. The van der Waals surface area contributed by atoms with Crippen LogP contribution < -0.4 is 0 Å². The van der Waals surface area contributed by atoms with Crippen LogP contribution in [-0.2, 0) is 0 Å². The summed E-state index contributed by atoms with van der Waals surface area (Å²) in [5.41, 5.74) is 4.15. The van der Waals surface area contributed by atoms with E-state index in [4.69, 9.17) is 0 Å². The van der Waals surface area contributed by atoms with Gasteiger partial charge in [-0.15, -0.1) is 11.8 Å². The molecule has 0 spiro atoms. The van der Waals surface area contributed by atoms with E-state index in [1.807, 2.05) is 24.3 Å². The molecule has 0 saturated carbocycles. The summed E-state index contributed by atoms with van der Waals surface area (Å²) in [6.45, 7) is 0. The van der Waals surface area contributed by atoms with Crippen molar-refractivity contribution < 1.29 is 5.11 Å². The van der Waals surface area contributed by atoms with E-state index in [0.29, 0.717) is 0 Å². The summed E-state index contributed by atoms with van der Waals surface area (Å²) in [6.07, 6.45) is 5.66. The Morgan fingerprint density at radius 2 is 1.67 bits per heavy atom. The molecule has 1 aliphatic carbocycles. The van der Waals surface area contributed by atoms with Crippen molar-refractivity contribution in [3.8, 4) is 0 Å². The lowest BCUT2D eigenvalue weighted by Gasteiger charge is -2.15. The molecule has 0 bridgehead atoms. The first kappa shape index (κ1) is 11.6. The molecule has 0 amide bonds. The number of aliphatic hydroxyl groups is 1. The van der Waals surface area contributed by atoms with Gasteiger partial charge in [-0.3, -0.25) is 0 Å². The third-order valence-corrected chi connectivity index (χ3v) is 4.05. The molecule has 18 heavy (non-hydrogen) atoms. The average molecular weight is 254 g/mol. The number of hydrogen-bond acceptors (Lipinski definition) is 2. The molecule has 0 heterocycles. The molecule has 3 rings (SSSR count). The highest BCUT2D eigenvalue weighted by molar-refractivity contribution is 7.98. The second-order valence-corrected chi connectivity index (χ2v) is 5.24. The Bertz CT molecular complexity index is 616. The molecule has 0 fully saturated rings. The van der Waals surface area contributed by atoms with Crippen LogP contribution in [0.2, 0.25) is 0 Å². The van der Waals surface area contributed by atoms with Crippen LogP contribution in [0.5, 0.6) is 0 Å². The number of benzene rings is 2. The van der Waals surface area contributed by atoms with Crippen LogP contribution in [0.25, 0.3) is 12.2 Å². The summed E-state index contributed by atoms with van der Waals surface area (Å²) < 4.78 is 0. The molecular weight excluding hydrogens is 240 g/mol. The van der Waals surface area contributed by atoms with Crippen LogP contribution in [0.15, 0.2) is 47.4 Å². The van der Waals surface area contributed by atoms with Gasteiger partial charge < -0.3 is 5.11 Å². The van der Waals surface area contributed by atoms with E-state index < -0.39 is 6.10 Å². The van der Waals surface area contributed by atoms with Gasteiger partial charge in [0.2, 0.25) is 0 Å². The van der Waals surface area contributed by atoms with Crippen LogP contribution in [0.3, 0.4) is 0 Å². The molecular formula is C16H14OS. The van der Waals surface area contributed by atoms with Gasteiger partial charge in [-0.05, 0) is 40.6 Å². The Kier molecular flexibility index (Phi) is 2.98. The highest BCUT2D eigenvalue weighted by Gasteiger charge is 2.18. The molecule has 0 aliphatic heterocycles. The maximum Gasteiger partial charge on any atom is 0.105 e. The summed E-state index contributed by atoms with van der Waals surface area (Å²) in [6, 6.07) is 14.3. The topological polar surface area (TPSA) is 20.2 Å². The Labute approximate surface area is 111 Å². The van der Waals surface area contributed by atoms with Gasteiger partial charge in [-0.2, -0.15) is 0 Å². The van der Waals surface area contributed by atoms with Crippen LogP contribution in [0.4, 0.5) is 0 Å². The van der Waals surface area contributed by atoms with Crippen LogP contribution >= 0.6 is 11.8 Å². The predicted molar refractivity (Wildman–Crippen MR) is 77.7 cm³/mol. The van der Waals surface area contributed by atoms with Crippen molar-refractivity contribution in [2.45, 2.75) is 11.0 Å². The number of rotatable bonds is 1. The van der Waals surface area contributed by atoms with Gasteiger partial charge in [0.1, 0.15) is 6.10 Å². The van der Waals surface area contributed by atoms with Crippen molar-refractivity contribution in [2.75, 3.05) is 6.26 Å². The maximum atomic E-state index is 10.6. The highest BCUT2D eigenvalue weighted by atomic mass is 32.2. The molecule has 0 saturated heterocycles. The Morgan fingerprint density at radius 1 is 0.944 bits per heavy atom. The lowest BCUT2D eigenvalue weighted by Crippen LogP contribution is -2.02. The molecule has 1 N–H and O–H groups in total. The van der Waals surface area contributed by atoms with Crippen LogP contribution in [0.1, 0.15) is 28.4 Å². The SMILES string of the molecule is CSc1ccc2c(c1)[C@H](O)c1ccccc1C=C2. The monoisotopic (exact) mass is 254 g/mol. The highest BCUT2D eigenvalue weighted by Crippen LogP contribution is 2.34. The molecule has 0 unspecified atom stereocenters. The van der Waals surface area contributed by atoms with Gasteiger partial charge >= 0.3 is 0 Å². The summed E-state index contributed by atoms with van der Waals surface area (Å²) in [7, 11) is 0. The van der Waals surface area contributed by atoms with Crippen molar-refractivity contribution in [1.29, 1.82) is 0 Å². The van der Waals surface area contributed by atoms with Gasteiger partial charge in [0, 0.05) is 4.90 Å². The summed E-state index contributed by atoms with van der Waals surface area (Å²) >= 11 is 1.70. The van der Waals surface area contributed by atoms with Crippen LogP contribution in [0, 0.1) is 0 Å². The minimum absolute atomic E-state index is 0.543. The second kappa shape index (κ2) is 4.63. The molecule has 1 aliphatic rings. The molecule has 0 radical (unpaired) electrons. The third-order valence-electron chi connectivity index (χ3n) is 3.32. The molecule has 2 aromatic rings. The van der Waals surface area contributed by atoms with E-state index in [1.165, 1.54) is 4.90 Å². The van der Waals surface area contributed by atoms with Crippen molar-refractivity contribution >= 4 is 23.9 Å². The summed E-state index contributed by atoms with van der Waals surface area (Å²) in [4.78, 5) is 1.18. The minimum Gasteiger partial charge on any atom is -0.384 e. The van der Waals surface area contributed by atoms with E-state index >= 15 is 0 Å². The van der Waals surface area contributed by atoms with Gasteiger partial charge in [0.25, 0.3) is 0 Å². The normalized spacial score (nSPS) is 16.9. The van der Waals surface area contributed by atoms with Crippen molar-refractivity contribution in [2.24, 2.45) is 0 Å². The molecule has 1 atom stereocenters. The van der Waals surface area contributed by atoms with E-state index in [-0.39, 0.29) is 0 Å². The fourth-order valence-electron chi connectivity index (χ4n) is 2.33. The van der Waals surface area contributed by atoms with E-state index in [9.17, 15) is 5.11 Å². The van der Waals surface area contributed by atoms with Gasteiger partial charge in [0.15, 0.2) is 0 Å². The van der Waals surface area contributed by atoms with Crippen molar-refractivity contribution in [1.82, 2.24) is 0 Å². The summed E-state index contributed by atoms with van der Waals surface area (Å²) in [5.74, 6) is 0. The van der Waals surface area contributed by atoms with Crippen molar-refractivity contribution in [3.63, 3.8) is 0 Å². The zero-order valence-corrected chi connectivity index (χ0v) is 10.9. The number of hydrogen-bond donors (Lipinski definition) is 1. The fraction of sp³-hybridized carbons (Fsp3) is 0.125. The molecule has 0 aromatic heterocycles. The number of fused-ring (bicyclic) bond motifs is 2. The third kappa shape index (κ3) is 1.88. The smallest absolute Gasteiger partial charge is 0.105 e. The van der Waals surface area contributed by atoms with Crippen molar-refractivity contribution in [3.05, 3.63) is 64.7 Å². The van der Waals surface area contributed by atoms with E-state index in [2.05, 4.69) is 36.6 Å². The van der Waals surface area contributed by atoms with Crippen LogP contribution in [-0.4, -0.2) is 11.4 Å². The molecule has 2 heteroatoms. The zero-order chi connectivity index (χ0) is 12.5. The number of aliphatic hydroxyl groups excluding tert-OH is 1. The first-order valence-electron chi connectivity index (χ1n) is 5.92.